The number of anilines is 1. The van der Waals surface area contributed by atoms with E-state index < -0.39 is 0 Å². The lowest BCUT2D eigenvalue weighted by Crippen LogP contribution is -2.34. The van der Waals surface area contributed by atoms with Gasteiger partial charge in [0.2, 0.25) is 11.8 Å². The molecule has 0 atom stereocenters. The van der Waals surface area contributed by atoms with E-state index in [-0.39, 0.29) is 30.7 Å². The summed E-state index contributed by atoms with van der Waals surface area (Å²) < 4.78 is 1.91. The van der Waals surface area contributed by atoms with Gasteiger partial charge in [0.15, 0.2) is 0 Å². The van der Waals surface area contributed by atoms with Gasteiger partial charge in [0, 0.05) is 55.8 Å². The van der Waals surface area contributed by atoms with Crippen molar-refractivity contribution in [2.45, 2.75) is 33.2 Å². The Morgan fingerprint density at radius 1 is 1.18 bits per heavy atom. The summed E-state index contributed by atoms with van der Waals surface area (Å²) in [5, 5.41) is 9.00. The van der Waals surface area contributed by atoms with Crippen LogP contribution < -0.4 is 5.32 Å². The second-order valence-electron chi connectivity index (χ2n) is 6.70. The number of nitrogens with one attached hydrogen (secondary N) is 1. The van der Waals surface area contributed by atoms with E-state index in [1.54, 1.807) is 18.0 Å². The Morgan fingerprint density at radius 2 is 1.93 bits per heavy atom. The number of benzene rings is 1. The molecule has 0 saturated carbocycles. The summed E-state index contributed by atoms with van der Waals surface area (Å²) in [6.07, 6.45) is 2.50. The van der Waals surface area contributed by atoms with Crippen LogP contribution in [0.25, 0.3) is 10.9 Å². The number of hydrogen-bond acceptors (Lipinski definition) is 4. The molecule has 148 valence electrons. The summed E-state index contributed by atoms with van der Waals surface area (Å²) in [5.41, 5.74) is 1.91. The van der Waals surface area contributed by atoms with Gasteiger partial charge in [-0.3, -0.25) is 14.4 Å². The van der Waals surface area contributed by atoms with Crippen molar-refractivity contribution < 1.29 is 14.4 Å². The minimum atomic E-state index is -0.310. The monoisotopic (exact) mass is 383 g/mol. The zero-order valence-corrected chi connectivity index (χ0v) is 16.4. The van der Waals surface area contributed by atoms with Crippen molar-refractivity contribution in [3.05, 3.63) is 30.5 Å². The first-order valence-electron chi connectivity index (χ1n) is 9.45. The number of hydrazone groups is 1. The molecule has 28 heavy (non-hydrogen) atoms. The summed E-state index contributed by atoms with van der Waals surface area (Å²) in [5.74, 6) is -0.331. The third kappa shape index (κ3) is 4.05. The highest BCUT2D eigenvalue weighted by molar-refractivity contribution is 6.43. The number of fused-ring (bicyclic) bond motifs is 1. The second kappa shape index (κ2) is 8.24. The predicted octanol–water partition coefficient (Wildman–Crippen LogP) is 2.06. The largest absolute Gasteiger partial charge is 0.342 e. The smallest absolute Gasteiger partial charge is 0.271 e. The molecule has 0 saturated heterocycles. The Balaban J connectivity index is 1.73. The van der Waals surface area contributed by atoms with Crippen molar-refractivity contribution in [1.29, 1.82) is 0 Å². The molecule has 8 heteroatoms. The van der Waals surface area contributed by atoms with Crippen LogP contribution in [-0.4, -0.2) is 58.0 Å². The molecule has 2 aromatic rings. The van der Waals surface area contributed by atoms with E-state index in [1.165, 1.54) is 5.01 Å². The lowest BCUT2D eigenvalue weighted by molar-refractivity contribution is -0.131. The topological polar surface area (TPSA) is 87.0 Å². The van der Waals surface area contributed by atoms with Crippen molar-refractivity contribution in [3.8, 4) is 0 Å². The van der Waals surface area contributed by atoms with Crippen LogP contribution in [0.4, 0.5) is 5.69 Å². The Kier molecular flexibility index (Phi) is 5.77. The minimum Gasteiger partial charge on any atom is -0.342 e. The molecule has 1 N–H and O–H groups in total. The molecular formula is C20H25N5O3. The molecule has 8 nitrogen and oxygen atoms in total. The van der Waals surface area contributed by atoms with Crippen molar-refractivity contribution in [1.82, 2.24) is 14.5 Å². The molecule has 0 aliphatic carbocycles. The summed E-state index contributed by atoms with van der Waals surface area (Å²) >= 11 is 0. The van der Waals surface area contributed by atoms with E-state index in [0.717, 1.165) is 10.9 Å². The minimum absolute atomic E-state index is 0.0776. The molecule has 0 unspecified atom stereocenters. The molecule has 1 aliphatic heterocycles. The SMILES string of the molecule is CCN(CC)C(=O)Cn1ccc2cc(NC(=O)C3=NN(C)C(=O)CC3)ccc21. The van der Waals surface area contributed by atoms with Crippen LogP contribution in [-0.2, 0) is 20.9 Å². The standard InChI is InChI=1S/C20H25N5O3/c1-4-24(5-2)19(27)13-25-11-10-14-12-15(6-8-17(14)25)21-20(28)16-7-9-18(26)23(3)22-16/h6,8,10-12H,4-5,7,9,13H2,1-3H3,(H,21,28). The van der Waals surface area contributed by atoms with Gasteiger partial charge in [0.25, 0.3) is 5.91 Å². The van der Waals surface area contributed by atoms with Gasteiger partial charge in [0.1, 0.15) is 12.3 Å². The highest BCUT2D eigenvalue weighted by Gasteiger charge is 2.22. The van der Waals surface area contributed by atoms with E-state index in [1.807, 2.05) is 42.8 Å². The zero-order valence-electron chi connectivity index (χ0n) is 16.4. The van der Waals surface area contributed by atoms with Crippen LogP contribution in [0.2, 0.25) is 0 Å². The molecule has 1 aromatic heterocycles. The molecule has 0 spiro atoms. The lowest BCUT2D eigenvalue weighted by atomic mass is 10.1. The van der Waals surface area contributed by atoms with Crippen LogP contribution >= 0.6 is 0 Å². The first-order chi connectivity index (χ1) is 13.4. The number of rotatable bonds is 6. The normalized spacial score (nSPS) is 14.2. The molecule has 0 fully saturated rings. The summed E-state index contributed by atoms with van der Waals surface area (Å²) in [4.78, 5) is 38.1. The van der Waals surface area contributed by atoms with Gasteiger partial charge in [0.05, 0.1) is 0 Å². The average molecular weight is 383 g/mol. The summed E-state index contributed by atoms with van der Waals surface area (Å²) in [6, 6.07) is 7.48. The zero-order chi connectivity index (χ0) is 20.3. The molecule has 0 bridgehead atoms. The van der Waals surface area contributed by atoms with Crippen LogP contribution in [0.3, 0.4) is 0 Å². The number of carbonyl (C=O) groups excluding carboxylic acids is 3. The number of amides is 3. The van der Waals surface area contributed by atoms with Crippen molar-refractivity contribution >= 4 is 40.0 Å². The second-order valence-corrected chi connectivity index (χ2v) is 6.70. The fourth-order valence-electron chi connectivity index (χ4n) is 3.27. The molecule has 2 heterocycles. The quantitative estimate of drug-likeness (QED) is 0.828. The number of nitrogens with zero attached hydrogens (tertiary/aromatic N) is 4. The summed E-state index contributed by atoms with van der Waals surface area (Å²) in [7, 11) is 1.54. The van der Waals surface area contributed by atoms with Gasteiger partial charge < -0.3 is 14.8 Å². The van der Waals surface area contributed by atoms with E-state index >= 15 is 0 Å². The number of carbonyl (C=O) groups is 3. The fourth-order valence-corrected chi connectivity index (χ4v) is 3.27. The Bertz CT molecular complexity index is 942. The molecule has 3 amide bonds. The first kappa shape index (κ1) is 19.6. The summed E-state index contributed by atoms with van der Waals surface area (Å²) in [6.45, 7) is 5.60. The van der Waals surface area contributed by atoms with Gasteiger partial charge >= 0.3 is 0 Å². The van der Waals surface area contributed by atoms with E-state index in [0.29, 0.717) is 30.9 Å². The maximum Gasteiger partial charge on any atom is 0.271 e. The first-order valence-corrected chi connectivity index (χ1v) is 9.45. The Morgan fingerprint density at radius 3 is 2.61 bits per heavy atom. The molecule has 0 radical (unpaired) electrons. The lowest BCUT2D eigenvalue weighted by Gasteiger charge is -2.19. The third-order valence-corrected chi connectivity index (χ3v) is 4.92. The van der Waals surface area contributed by atoms with E-state index in [4.69, 9.17) is 0 Å². The van der Waals surface area contributed by atoms with Crippen molar-refractivity contribution in [2.75, 3.05) is 25.5 Å². The highest BCUT2D eigenvalue weighted by Crippen LogP contribution is 2.21. The molecule has 1 aliphatic rings. The third-order valence-electron chi connectivity index (χ3n) is 4.92. The van der Waals surface area contributed by atoms with Gasteiger partial charge in [-0.15, -0.1) is 0 Å². The van der Waals surface area contributed by atoms with Gasteiger partial charge in [-0.2, -0.15) is 5.10 Å². The number of hydrogen-bond donors (Lipinski definition) is 1. The van der Waals surface area contributed by atoms with Crippen LogP contribution in [0.15, 0.2) is 35.6 Å². The van der Waals surface area contributed by atoms with Gasteiger partial charge in [-0.1, -0.05) is 0 Å². The van der Waals surface area contributed by atoms with E-state index in [2.05, 4.69) is 10.4 Å². The van der Waals surface area contributed by atoms with Crippen molar-refractivity contribution in [3.63, 3.8) is 0 Å². The Labute approximate surface area is 163 Å². The van der Waals surface area contributed by atoms with Crippen LogP contribution in [0.1, 0.15) is 26.7 Å². The highest BCUT2D eigenvalue weighted by atomic mass is 16.2. The molecule has 3 rings (SSSR count). The average Bonchev–Trinajstić information content (AvgIpc) is 3.07. The number of aromatic nitrogens is 1. The van der Waals surface area contributed by atoms with Gasteiger partial charge in [-0.05, 0) is 38.1 Å². The van der Waals surface area contributed by atoms with Crippen molar-refractivity contribution in [2.24, 2.45) is 5.10 Å². The van der Waals surface area contributed by atoms with Crippen LogP contribution in [0.5, 0.6) is 0 Å². The molecular weight excluding hydrogens is 358 g/mol. The fraction of sp³-hybridized carbons (Fsp3) is 0.400. The molecule has 1 aromatic carbocycles. The van der Waals surface area contributed by atoms with Crippen LogP contribution in [0, 0.1) is 0 Å². The maximum atomic E-state index is 12.4. The predicted molar refractivity (Wildman–Crippen MR) is 108 cm³/mol. The Hall–Kier alpha value is -3.16. The maximum absolute atomic E-state index is 12.4. The van der Waals surface area contributed by atoms with E-state index in [9.17, 15) is 14.4 Å². The van der Waals surface area contributed by atoms with Gasteiger partial charge in [-0.25, -0.2) is 5.01 Å². The number of likely N-dealkylation sites (N-methyl/N-ethyl adjacent to an activating group) is 1.